The number of hydrogen-bond donors (Lipinski definition) is 0. The molecule has 0 amide bonds. The molecule has 16 rings (SSSR count). The SMILES string of the molecule is CC1(C)c2cc(N(c3ccc(-c4cccc5c4oc4ccccc45)cc3)c3ccc4c(c3)C(C)(C)c3cc(-c5ccccc5)c5oc6ccccc6c5c3-4)ccc2-c2c1cc(-c1ccccc1)c1oc3ccccc3c21. The molecule has 0 saturated carbocycles. The van der Waals surface area contributed by atoms with Gasteiger partial charge in [-0.2, -0.15) is 0 Å². The van der Waals surface area contributed by atoms with Crippen LogP contribution < -0.4 is 4.90 Å². The molecule has 14 aromatic rings. The van der Waals surface area contributed by atoms with Gasteiger partial charge in [-0.1, -0.05) is 185 Å². The van der Waals surface area contributed by atoms with Gasteiger partial charge in [-0.3, -0.25) is 0 Å². The Morgan fingerprint density at radius 1 is 0.289 bits per heavy atom. The Bertz CT molecular complexity index is 4520. The van der Waals surface area contributed by atoms with E-state index in [4.69, 9.17) is 13.3 Å². The third-order valence-electron chi connectivity index (χ3n) is 17.1. The van der Waals surface area contributed by atoms with Crippen LogP contribution in [0.5, 0.6) is 0 Å². The third kappa shape index (κ3) is 5.95. The van der Waals surface area contributed by atoms with Gasteiger partial charge in [-0.05, 0) is 128 Å². The number of anilines is 3. The van der Waals surface area contributed by atoms with Gasteiger partial charge in [0.15, 0.2) is 0 Å². The largest absolute Gasteiger partial charge is 0.455 e. The Labute approximate surface area is 439 Å². The van der Waals surface area contributed by atoms with E-state index in [2.05, 4.69) is 251 Å². The molecule has 0 bridgehead atoms. The van der Waals surface area contributed by atoms with E-state index in [0.717, 1.165) is 105 Å². The quantitative estimate of drug-likeness (QED) is 0.167. The van der Waals surface area contributed by atoms with Crippen LogP contribution in [0.1, 0.15) is 49.9 Å². The maximum Gasteiger partial charge on any atom is 0.143 e. The van der Waals surface area contributed by atoms with Gasteiger partial charge < -0.3 is 18.2 Å². The normalized spacial score (nSPS) is 14.0. The first kappa shape index (κ1) is 43.1. The number of rotatable bonds is 6. The lowest BCUT2D eigenvalue weighted by Crippen LogP contribution is -2.18. The predicted molar refractivity (Wildman–Crippen MR) is 314 cm³/mol. The van der Waals surface area contributed by atoms with Gasteiger partial charge in [-0.25, -0.2) is 0 Å². The fraction of sp³-hybridized carbons (Fsp3) is 0.0833. The van der Waals surface area contributed by atoms with Crippen LogP contribution in [0.2, 0.25) is 0 Å². The molecule has 11 aromatic carbocycles. The van der Waals surface area contributed by atoms with E-state index in [1.807, 2.05) is 6.07 Å². The summed E-state index contributed by atoms with van der Waals surface area (Å²) in [6.07, 6.45) is 0. The summed E-state index contributed by atoms with van der Waals surface area (Å²) in [6, 6.07) is 81.3. The first-order valence-electron chi connectivity index (χ1n) is 26.4. The van der Waals surface area contributed by atoms with E-state index in [1.54, 1.807) is 0 Å². The minimum atomic E-state index is -0.339. The number of benzene rings is 11. The maximum absolute atomic E-state index is 6.83. The van der Waals surface area contributed by atoms with Crippen molar-refractivity contribution in [3.05, 3.63) is 247 Å². The first-order valence-corrected chi connectivity index (χ1v) is 26.4. The van der Waals surface area contributed by atoms with Crippen molar-refractivity contribution in [3.8, 4) is 55.6 Å². The molecular weight excluding hydrogens is 927 g/mol. The molecule has 0 N–H and O–H groups in total. The Balaban J connectivity index is 0.900. The van der Waals surface area contributed by atoms with Crippen LogP contribution in [0.25, 0.3) is 121 Å². The highest BCUT2D eigenvalue weighted by Gasteiger charge is 2.41. The van der Waals surface area contributed by atoms with Crippen LogP contribution in [-0.2, 0) is 10.8 Å². The Hall–Kier alpha value is -9.38. The van der Waals surface area contributed by atoms with Gasteiger partial charge in [0.2, 0.25) is 0 Å². The molecule has 0 atom stereocenters. The minimum Gasteiger partial charge on any atom is -0.455 e. The summed E-state index contributed by atoms with van der Waals surface area (Å²) < 4.78 is 20.2. The molecule has 3 heterocycles. The monoisotopic (exact) mass is 975 g/mol. The maximum atomic E-state index is 6.83. The van der Waals surface area contributed by atoms with Gasteiger partial charge in [0.05, 0.1) is 0 Å². The Morgan fingerprint density at radius 2 is 0.697 bits per heavy atom. The van der Waals surface area contributed by atoms with Crippen molar-refractivity contribution in [2.45, 2.75) is 38.5 Å². The zero-order chi connectivity index (χ0) is 50.6. The molecule has 2 aliphatic carbocycles. The lowest BCUT2D eigenvalue weighted by molar-refractivity contribution is 0.657. The summed E-state index contributed by atoms with van der Waals surface area (Å²) in [5, 5.41) is 6.87. The first-order chi connectivity index (χ1) is 37.2. The molecule has 76 heavy (non-hydrogen) atoms. The highest BCUT2D eigenvalue weighted by atomic mass is 16.3. The number of furan rings is 3. The molecule has 0 fully saturated rings. The van der Waals surface area contributed by atoms with E-state index in [-0.39, 0.29) is 10.8 Å². The molecule has 4 heteroatoms. The van der Waals surface area contributed by atoms with Crippen molar-refractivity contribution in [1.29, 1.82) is 0 Å². The molecule has 360 valence electrons. The number of para-hydroxylation sites is 4. The Kier molecular flexibility index (Phi) is 8.83. The van der Waals surface area contributed by atoms with E-state index in [0.29, 0.717) is 0 Å². The zero-order valence-electron chi connectivity index (χ0n) is 42.5. The van der Waals surface area contributed by atoms with Crippen molar-refractivity contribution in [2.24, 2.45) is 0 Å². The molecule has 0 saturated heterocycles. The number of hydrogen-bond acceptors (Lipinski definition) is 4. The lowest BCUT2D eigenvalue weighted by atomic mass is 9.80. The minimum absolute atomic E-state index is 0.339. The van der Waals surface area contributed by atoms with Crippen LogP contribution in [0.3, 0.4) is 0 Å². The van der Waals surface area contributed by atoms with Gasteiger partial charge in [0.1, 0.15) is 33.5 Å². The van der Waals surface area contributed by atoms with E-state index >= 15 is 0 Å². The molecule has 2 aliphatic rings. The second-order valence-corrected chi connectivity index (χ2v) is 21.9. The molecule has 0 unspecified atom stereocenters. The van der Waals surface area contributed by atoms with E-state index in [1.165, 1.54) is 55.3 Å². The van der Waals surface area contributed by atoms with E-state index < -0.39 is 0 Å². The van der Waals surface area contributed by atoms with Gasteiger partial charge >= 0.3 is 0 Å². The summed E-state index contributed by atoms with van der Waals surface area (Å²) in [4.78, 5) is 2.46. The van der Waals surface area contributed by atoms with E-state index in [9.17, 15) is 0 Å². The summed E-state index contributed by atoms with van der Waals surface area (Å²) in [6.45, 7) is 9.56. The zero-order valence-corrected chi connectivity index (χ0v) is 42.5. The second kappa shape index (κ2) is 15.6. The molecule has 0 spiro atoms. The highest BCUT2D eigenvalue weighted by Crippen LogP contribution is 2.59. The predicted octanol–water partition coefficient (Wildman–Crippen LogP) is 20.5. The van der Waals surface area contributed by atoms with Gasteiger partial charge in [0.25, 0.3) is 0 Å². The number of fused-ring (bicyclic) bond motifs is 17. The lowest BCUT2D eigenvalue weighted by Gasteiger charge is -2.30. The van der Waals surface area contributed by atoms with Crippen LogP contribution in [0, 0.1) is 0 Å². The molecular formula is C72H49NO3. The standard InChI is InChI=1S/C72H49NO3/c1-71(2)57-38-46(34-36-51(57)64-59(71)40-55(42-18-7-5-8-19-42)69-66(64)53-23-12-15-28-62(53)75-69)73(45-32-30-44(31-33-45)48-25-17-26-50-49-22-11-14-27-61(49)74-68(48)50)47-35-37-52-58(39-47)72(3,4)60-41-56(43-20-9-6-10-21-43)70-67(65(52)60)54-24-13-16-29-63(54)76-70/h5-41H,1-4H3. The van der Waals surface area contributed by atoms with Crippen molar-refractivity contribution in [3.63, 3.8) is 0 Å². The third-order valence-corrected chi connectivity index (χ3v) is 17.1. The Morgan fingerprint density at radius 3 is 1.21 bits per heavy atom. The second-order valence-electron chi connectivity index (χ2n) is 21.9. The number of nitrogens with zero attached hydrogens (tertiary/aromatic N) is 1. The molecule has 0 aliphatic heterocycles. The van der Waals surface area contributed by atoms with Crippen molar-refractivity contribution in [2.75, 3.05) is 4.90 Å². The average molecular weight is 976 g/mol. The summed E-state index contributed by atoms with van der Waals surface area (Å²) >= 11 is 0. The van der Waals surface area contributed by atoms with Crippen molar-refractivity contribution < 1.29 is 13.3 Å². The highest BCUT2D eigenvalue weighted by molar-refractivity contribution is 6.20. The van der Waals surface area contributed by atoms with Crippen molar-refractivity contribution in [1.82, 2.24) is 0 Å². The fourth-order valence-electron chi connectivity index (χ4n) is 13.3. The van der Waals surface area contributed by atoms with Gasteiger partial charge in [0, 0.05) is 76.9 Å². The summed E-state index contributed by atoms with van der Waals surface area (Å²) in [5.74, 6) is 0. The fourth-order valence-corrected chi connectivity index (χ4v) is 13.3. The molecule has 3 aromatic heterocycles. The van der Waals surface area contributed by atoms with Crippen molar-refractivity contribution >= 4 is 82.9 Å². The smallest absolute Gasteiger partial charge is 0.143 e. The van der Waals surface area contributed by atoms with Crippen LogP contribution >= 0.6 is 0 Å². The topological polar surface area (TPSA) is 42.7 Å². The molecule has 4 nitrogen and oxygen atoms in total. The average Bonchev–Trinajstić information content (AvgIpc) is 4.44. The summed E-state index contributed by atoms with van der Waals surface area (Å²) in [7, 11) is 0. The summed E-state index contributed by atoms with van der Waals surface area (Å²) in [5.41, 5.74) is 24.9. The van der Waals surface area contributed by atoms with Crippen LogP contribution in [-0.4, -0.2) is 0 Å². The van der Waals surface area contributed by atoms with Crippen LogP contribution in [0.15, 0.2) is 238 Å². The molecule has 0 radical (unpaired) electrons. The van der Waals surface area contributed by atoms with Crippen LogP contribution in [0.4, 0.5) is 17.1 Å². The van der Waals surface area contributed by atoms with Gasteiger partial charge in [-0.15, -0.1) is 0 Å².